The van der Waals surface area contributed by atoms with Crippen molar-refractivity contribution in [3.63, 3.8) is 0 Å². The number of nitrogens with two attached hydrogens (primary N) is 1. The third kappa shape index (κ3) is 1.72. The van der Waals surface area contributed by atoms with Crippen LogP contribution in [0.25, 0.3) is 0 Å². The van der Waals surface area contributed by atoms with Gasteiger partial charge in [-0.3, -0.25) is 4.68 Å². The van der Waals surface area contributed by atoms with Crippen LogP contribution in [0.4, 0.5) is 0 Å². The van der Waals surface area contributed by atoms with Crippen molar-refractivity contribution in [2.24, 2.45) is 12.8 Å². The highest BCUT2D eigenvalue weighted by Gasteiger charge is 1.96. The van der Waals surface area contributed by atoms with Crippen LogP contribution in [-0.4, -0.2) is 9.78 Å². The molecule has 0 spiro atoms. The normalized spacial score (nSPS) is 9.10. The van der Waals surface area contributed by atoms with E-state index < -0.39 is 0 Å². The van der Waals surface area contributed by atoms with Gasteiger partial charge in [0.05, 0.1) is 11.4 Å². The van der Waals surface area contributed by atoms with Crippen LogP contribution in [0.1, 0.15) is 11.4 Å². The summed E-state index contributed by atoms with van der Waals surface area (Å²) in [7, 11) is 1.90. The zero-order valence-corrected chi connectivity index (χ0v) is 6.98. The minimum absolute atomic E-state index is 0. The molecule has 3 nitrogen and oxygen atoms in total. The number of hydrogen-bond acceptors (Lipinski definition) is 2. The van der Waals surface area contributed by atoms with Crippen molar-refractivity contribution >= 4 is 12.4 Å². The molecule has 0 aliphatic heterocycles. The Hall–Kier alpha value is -0.540. The predicted octanol–water partition coefficient (Wildman–Crippen LogP) is 0.609. The molecule has 1 aromatic heterocycles. The third-order valence-electron chi connectivity index (χ3n) is 1.31. The Morgan fingerprint density at radius 3 is 2.50 bits per heavy atom. The van der Waals surface area contributed by atoms with Gasteiger partial charge in [-0.05, 0) is 13.0 Å². The van der Waals surface area contributed by atoms with E-state index >= 15 is 0 Å². The van der Waals surface area contributed by atoms with Crippen LogP contribution in [0.5, 0.6) is 0 Å². The molecule has 2 N–H and O–H groups in total. The van der Waals surface area contributed by atoms with Gasteiger partial charge in [-0.15, -0.1) is 12.4 Å². The lowest BCUT2D eigenvalue weighted by molar-refractivity contribution is 0.705. The van der Waals surface area contributed by atoms with E-state index in [9.17, 15) is 0 Å². The summed E-state index contributed by atoms with van der Waals surface area (Å²) >= 11 is 0. The maximum atomic E-state index is 5.40. The number of halogens is 1. The average molecular weight is 162 g/mol. The van der Waals surface area contributed by atoms with Gasteiger partial charge in [0.1, 0.15) is 0 Å². The van der Waals surface area contributed by atoms with Gasteiger partial charge in [0.2, 0.25) is 0 Å². The first kappa shape index (κ1) is 9.46. The fourth-order valence-corrected chi connectivity index (χ4v) is 0.855. The lowest BCUT2D eigenvalue weighted by atomic mass is 10.4. The third-order valence-corrected chi connectivity index (χ3v) is 1.31. The van der Waals surface area contributed by atoms with Crippen LogP contribution < -0.4 is 5.73 Å². The largest absolute Gasteiger partial charge is 0.325 e. The molecule has 0 amide bonds. The van der Waals surface area contributed by atoms with E-state index in [-0.39, 0.29) is 12.4 Å². The molecule has 0 aliphatic carbocycles. The molecule has 10 heavy (non-hydrogen) atoms. The van der Waals surface area contributed by atoms with E-state index in [4.69, 9.17) is 5.73 Å². The van der Waals surface area contributed by atoms with Crippen molar-refractivity contribution in [1.82, 2.24) is 9.78 Å². The van der Waals surface area contributed by atoms with E-state index in [1.165, 1.54) is 0 Å². The highest BCUT2D eigenvalue weighted by atomic mass is 35.5. The summed E-state index contributed by atoms with van der Waals surface area (Å²) in [5, 5.41) is 4.12. The molecule has 4 heteroatoms. The molecule has 0 aromatic carbocycles. The Morgan fingerprint density at radius 2 is 2.30 bits per heavy atom. The maximum absolute atomic E-state index is 5.40. The van der Waals surface area contributed by atoms with E-state index in [2.05, 4.69) is 5.10 Å². The Bertz CT molecular complexity index is 207. The molecule has 1 rings (SSSR count). The van der Waals surface area contributed by atoms with Crippen LogP contribution in [0.2, 0.25) is 0 Å². The molecule has 0 bridgehead atoms. The Balaban J connectivity index is 0.000000810. The molecule has 0 saturated heterocycles. The van der Waals surface area contributed by atoms with Crippen LogP contribution in [0, 0.1) is 6.92 Å². The molecule has 58 valence electrons. The molecule has 0 aliphatic rings. The second-order valence-corrected chi connectivity index (χ2v) is 2.10. The molecule has 0 saturated carbocycles. The number of rotatable bonds is 1. The first-order chi connectivity index (χ1) is 4.24. The predicted molar refractivity (Wildman–Crippen MR) is 43.1 cm³/mol. The second-order valence-electron chi connectivity index (χ2n) is 2.10. The zero-order chi connectivity index (χ0) is 6.85. The lowest BCUT2D eigenvalue weighted by Gasteiger charge is -1.93. The fraction of sp³-hybridized carbons (Fsp3) is 0.500. The number of hydrogen-bond donors (Lipinski definition) is 1. The number of aryl methyl sites for hydroxylation is 2. The molecule has 0 atom stereocenters. The van der Waals surface area contributed by atoms with Gasteiger partial charge >= 0.3 is 0 Å². The molecule has 1 aromatic rings. The minimum atomic E-state index is 0. The summed E-state index contributed by atoms with van der Waals surface area (Å²) in [6, 6.07) is 1.99. The SMILES string of the molecule is Cc1cc(CN)n(C)n1.Cl. The minimum Gasteiger partial charge on any atom is -0.325 e. The van der Waals surface area contributed by atoms with E-state index in [1.54, 1.807) is 4.68 Å². The summed E-state index contributed by atoms with van der Waals surface area (Å²) in [5.41, 5.74) is 7.51. The first-order valence-electron chi connectivity index (χ1n) is 2.93. The summed E-state index contributed by atoms with van der Waals surface area (Å²) in [6.07, 6.45) is 0. The summed E-state index contributed by atoms with van der Waals surface area (Å²) in [5.74, 6) is 0. The summed E-state index contributed by atoms with van der Waals surface area (Å²) < 4.78 is 1.80. The molecule has 0 unspecified atom stereocenters. The topological polar surface area (TPSA) is 43.8 Å². The molecule has 0 fully saturated rings. The molecule has 0 radical (unpaired) electrons. The first-order valence-corrected chi connectivity index (χ1v) is 2.93. The van der Waals surface area contributed by atoms with Gasteiger partial charge in [-0.25, -0.2) is 0 Å². The van der Waals surface area contributed by atoms with Crippen molar-refractivity contribution in [3.8, 4) is 0 Å². The van der Waals surface area contributed by atoms with Gasteiger partial charge < -0.3 is 5.73 Å². The van der Waals surface area contributed by atoms with Crippen molar-refractivity contribution in [2.75, 3.05) is 0 Å². The average Bonchev–Trinajstić information content (AvgIpc) is 2.10. The summed E-state index contributed by atoms with van der Waals surface area (Å²) in [6.45, 7) is 2.52. The quantitative estimate of drug-likeness (QED) is 0.656. The van der Waals surface area contributed by atoms with Crippen molar-refractivity contribution in [2.45, 2.75) is 13.5 Å². The van der Waals surface area contributed by atoms with E-state index in [0.717, 1.165) is 11.4 Å². The van der Waals surface area contributed by atoms with Gasteiger partial charge in [0, 0.05) is 13.6 Å². The van der Waals surface area contributed by atoms with Crippen molar-refractivity contribution in [1.29, 1.82) is 0 Å². The van der Waals surface area contributed by atoms with Gasteiger partial charge in [-0.2, -0.15) is 5.10 Å². The second kappa shape index (κ2) is 3.58. The van der Waals surface area contributed by atoms with Crippen molar-refractivity contribution in [3.05, 3.63) is 17.5 Å². The Morgan fingerprint density at radius 1 is 1.70 bits per heavy atom. The highest BCUT2D eigenvalue weighted by Crippen LogP contribution is 1.98. The molecular weight excluding hydrogens is 150 g/mol. The Labute approximate surface area is 66.6 Å². The van der Waals surface area contributed by atoms with Crippen LogP contribution in [-0.2, 0) is 13.6 Å². The standard InChI is InChI=1S/C6H11N3.ClH/c1-5-3-6(4-7)9(2)8-5;/h3H,4,7H2,1-2H3;1H. The monoisotopic (exact) mass is 161 g/mol. The van der Waals surface area contributed by atoms with Gasteiger partial charge in [0.15, 0.2) is 0 Å². The van der Waals surface area contributed by atoms with Crippen LogP contribution >= 0.6 is 12.4 Å². The molecule has 1 heterocycles. The zero-order valence-electron chi connectivity index (χ0n) is 6.16. The van der Waals surface area contributed by atoms with Crippen LogP contribution in [0.15, 0.2) is 6.07 Å². The van der Waals surface area contributed by atoms with Crippen LogP contribution in [0.3, 0.4) is 0 Å². The van der Waals surface area contributed by atoms with E-state index in [0.29, 0.717) is 6.54 Å². The van der Waals surface area contributed by atoms with Crippen molar-refractivity contribution < 1.29 is 0 Å². The lowest BCUT2D eigenvalue weighted by Crippen LogP contribution is -2.03. The number of aromatic nitrogens is 2. The smallest absolute Gasteiger partial charge is 0.0597 e. The van der Waals surface area contributed by atoms with E-state index in [1.807, 2.05) is 20.0 Å². The maximum Gasteiger partial charge on any atom is 0.0597 e. The fourth-order valence-electron chi connectivity index (χ4n) is 0.855. The summed E-state index contributed by atoms with van der Waals surface area (Å²) in [4.78, 5) is 0. The Kier molecular flexibility index (Phi) is 3.39. The van der Waals surface area contributed by atoms with Gasteiger partial charge in [-0.1, -0.05) is 0 Å². The highest BCUT2D eigenvalue weighted by molar-refractivity contribution is 5.85. The number of nitrogens with zero attached hydrogens (tertiary/aromatic N) is 2. The van der Waals surface area contributed by atoms with Gasteiger partial charge in [0.25, 0.3) is 0 Å². The molecular formula is C6H12ClN3.